The van der Waals surface area contributed by atoms with Crippen LogP contribution in [-0.2, 0) is 14.8 Å². The van der Waals surface area contributed by atoms with Crippen molar-refractivity contribution in [3.63, 3.8) is 0 Å². The zero-order chi connectivity index (χ0) is 21.1. The van der Waals surface area contributed by atoms with Crippen LogP contribution in [0, 0.1) is 0 Å². The Bertz CT molecular complexity index is 844. The summed E-state index contributed by atoms with van der Waals surface area (Å²) in [5, 5.41) is 2.98. The highest BCUT2D eigenvalue weighted by Gasteiger charge is 2.26. The van der Waals surface area contributed by atoms with Gasteiger partial charge in [0.1, 0.15) is 4.90 Å². The van der Waals surface area contributed by atoms with Gasteiger partial charge in [0.15, 0.2) is 0 Å². The average molecular weight is 431 g/mol. The molecule has 0 aliphatic carbocycles. The molecule has 0 radical (unpaired) electrons. The third kappa shape index (κ3) is 5.91. The molecule has 0 bridgehead atoms. The molecule has 2 rings (SSSR count). The molecule has 1 aromatic rings. The van der Waals surface area contributed by atoms with Crippen molar-refractivity contribution in [3.8, 4) is 0 Å². The monoisotopic (exact) mass is 430 g/mol. The van der Waals surface area contributed by atoms with Crippen LogP contribution in [0.2, 0.25) is 5.02 Å². The number of nitrogens with zero attached hydrogens (tertiary/aromatic N) is 2. The number of hydrogen-bond donors (Lipinski definition) is 2. The lowest BCUT2D eigenvalue weighted by Gasteiger charge is -2.35. The van der Waals surface area contributed by atoms with Crippen LogP contribution in [0.4, 0.5) is 0 Å². The van der Waals surface area contributed by atoms with Gasteiger partial charge in [-0.05, 0) is 46.0 Å². The van der Waals surface area contributed by atoms with Crippen LogP contribution in [0.25, 0.3) is 0 Å². The maximum atomic E-state index is 12.8. The Kier molecular flexibility index (Phi) is 7.08. The van der Waals surface area contributed by atoms with Crippen molar-refractivity contribution in [1.82, 2.24) is 19.8 Å². The fourth-order valence-electron chi connectivity index (χ4n) is 2.90. The fourth-order valence-corrected chi connectivity index (χ4v) is 4.15. The SMILES string of the molecule is CNS(=O)(=O)c1cc(C(=O)N2CCN(CC(=O)NC(C)(C)C)CC2)ccc1Cl. The van der Waals surface area contributed by atoms with E-state index < -0.39 is 10.0 Å². The second-order valence-corrected chi connectivity index (χ2v) is 9.98. The van der Waals surface area contributed by atoms with Crippen molar-refractivity contribution in [2.75, 3.05) is 39.8 Å². The van der Waals surface area contributed by atoms with E-state index in [2.05, 4.69) is 10.0 Å². The topological polar surface area (TPSA) is 98.8 Å². The smallest absolute Gasteiger partial charge is 0.253 e. The summed E-state index contributed by atoms with van der Waals surface area (Å²) in [6.45, 7) is 8.11. The average Bonchev–Trinajstić information content (AvgIpc) is 2.60. The summed E-state index contributed by atoms with van der Waals surface area (Å²) in [5.74, 6) is -0.310. The predicted molar refractivity (Wildman–Crippen MR) is 108 cm³/mol. The first-order valence-corrected chi connectivity index (χ1v) is 10.8. The molecule has 2 N–H and O–H groups in total. The van der Waals surface area contributed by atoms with E-state index >= 15 is 0 Å². The Morgan fingerprint density at radius 2 is 1.75 bits per heavy atom. The quantitative estimate of drug-likeness (QED) is 0.723. The predicted octanol–water partition coefficient (Wildman–Crippen LogP) is 0.921. The van der Waals surface area contributed by atoms with Crippen LogP contribution >= 0.6 is 11.6 Å². The minimum absolute atomic E-state index is 0.0492. The molecule has 0 aromatic heterocycles. The Hall–Kier alpha value is -1.68. The molecule has 0 spiro atoms. The molecular formula is C18H27ClN4O4S. The summed E-state index contributed by atoms with van der Waals surface area (Å²) in [6, 6.07) is 4.22. The lowest BCUT2D eigenvalue weighted by molar-refractivity contribution is -0.124. The Balaban J connectivity index is 2.01. The van der Waals surface area contributed by atoms with Gasteiger partial charge < -0.3 is 10.2 Å². The van der Waals surface area contributed by atoms with Crippen molar-refractivity contribution < 1.29 is 18.0 Å². The summed E-state index contributed by atoms with van der Waals surface area (Å²) in [7, 11) is -2.47. The fraction of sp³-hybridized carbons (Fsp3) is 0.556. The second kappa shape index (κ2) is 8.77. The van der Waals surface area contributed by atoms with Crippen molar-refractivity contribution in [2.45, 2.75) is 31.2 Å². The molecule has 28 heavy (non-hydrogen) atoms. The van der Waals surface area contributed by atoms with E-state index in [1.165, 1.54) is 25.2 Å². The second-order valence-electron chi connectivity index (χ2n) is 7.72. The third-order valence-electron chi connectivity index (χ3n) is 4.28. The number of nitrogens with one attached hydrogen (secondary N) is 2. The van der Waals surface area contributed by atoms with Gasteiger partial charge in [0.05, 0.1) is 11.6 Å². The zero-order valence-electron chi connectivity index (χ0n) is 16.6. The molecule has 2 amide bonds. The number of piperazine rings is 1. The molecule has 1 fully saturated rings. The molecule has 1 heterocycles. The van der Waals surface area contributed by atoms with Crippen LogP contribution in [0.1, 0.15) is 31.1 Å². The molecule has 0 saturated carbocycles. The number of hydrogen-bond acceptors (Lipinski definition) is 5. The molecule has 1 saturated heterocycles. The summed E-state index contributed by atoms with van der Waals surface area (Å²) in [6.07, 6.45) is 0. The number of benzene rings is 1. The number of amides is 2. The summed E-state index contributed by atoms with van der Waals surface area (Å²) in [4.78, 5) is 28.3. The summed E-state index contributed by atoms with van der Waals surface area (Å²) in [5.41, 5.74) is -0.0216. The van der Waals surface area contributed by atoms with Crippen LogP contribution in [0.3, 0.4) is 0 Å². The van der Waals surface area contributed by atoms with E-state index in [9.17, 15) is 18.0 Å². The molecule has 8 nitrogen and oxygen atoms in total. The normalized spacial score (nSPS) is 16.1. The summed E-state index contributed by atoms with van der Waals surface area (Å²) < 4.78 is 26.3. The molecule has 1 aromatic carbocycles. The van der Waals surface area contributed by atoms with Gasteiger partial charge >= 0.3 is 0 Å². The minimum Gasteiger partial charge on any atom is -0.350 e. The number of carbonyl (C=O) groups is 2. The van der Waals surface area contributed by atoms with Gasteiger partial charge in [-0.2, -0.15) is 0 Å². The van der Waals surface area contributed by atoms with Gasteiger partial charge in [-0.25, -0.2) is 13.1 Å². The number of sulfonamides is 1. The van der Waals surface area contributed by atoms with Crippen molar-refractivity contribution in [1.29, 1.82) is 0 Å². The first kappa shape index (κ1) is 22.6. The van der Waals surface area contributed by atoms with Gasteiger partial charge in [-0.1, -0.05) is 11.6 Å². The van der Waals surface area contributed by atoms with Gasteiger partial charge in [0.2, 0.25) is 15.9 Å². The van der Waals surface area contributed by atoms with Crippen molar-refractivity contribution in [3.05, 3.63) is 28.8 Å². The van der Waals surface area contributed by atoms with Gasteiger partial charge in [-0.3, -0.25) is 14.5 Å². The van der Waals surface area contributed by atoms with E-state index in [4.69, 9.17) is 11.6 Å². The van der Waals surface area contributed by atoms with Crippen molar-refractivity contribution >= 4 is 33.4 Å². The zero-order valence-corrected chi connectivity index (χ0v) is 18.2. The highest BCUT2D eigenvalue weighted by molar-refractivity contribution is 7.89. The number of carbonyl (C=O) groups excluding carboxylic acids is 2. The van der Waals surface area contributed by atoms with E-state index in [-0.39, 0.29) is 39.4 Å². The number of halogens is 1. The first-order valence-electron chi connectivity index (χ1n) is 8.99. The van der Waals surface area contributed by atoms with E-state index in [1.54, 1.807) is 4.90 Å². The Labute approximate surface area is 171 Å². The van der Waals surface area contributed by atoms with Crippen LogP contribution < -0.4 is 10.0 Å². The minimum atomic E-state index is -3.76. The first-order chi connectivity index (χ1) is 12.9. The molecular weight excluding hydrogens is 404 g/mol. The lowest BCUT2D eigenvalue weighted by atomic mass is 10.1. The van der Waals surface area contributed by atoms with Crippen LogP contribution in [0.15, 0.2) is 23.1 Å². The summed E-state index contributed by atoms with van der Waals surface area (Å²) >= 11 is 5.97. The van der Waals surface area contributed by atoms with Crippen LogP contribution in [-0.4, -0.2) is 75.3 Å². The van der Waals surface area contributed by atoms with Gasteiger partial charge in [-0.15, -0.1) is 0 Å². The molecule has 1 aliphatic rings. The highest BCUT2D eigenvalue weighted by atomic mass is 35.5. The molecule has 0 unspecified atom stereocenters. The molecule has 1 aliphatic heterocycles. The van der Waals surface area contributed by atoms with Crippen molar-refractivity contribution in [2.24, 2.45) is 0 Å². The van der Waals surface area contributed by atoms with E-state index in [0.717, 1.165) is 0 Å². The molecule has 10 heteroatoms. The third-order valence-corrected chi connectivity index (χ3v) is 6.17. The van der Waals surface area contributed by atoms with Gasteiger partial charge in [0.25, 0.3) is 5.91 Å². The highest BCUT2D eigenvalue weighted by Crippen LogP contribution is 2.23. The Morgan fingerprint density at radius 1 is 1.14 bits per heavy atom. The van der Waals surface area contributed by atoms with E-state index in [0.29, 0.717) is 26.2 Å². The maximum Gasteiger partial charge on any atom is 0.253 e. The molecule has 0 atom stereocenters. The van der Waals surface area contributed by atoms with Crippen LogP contribution in [0.5, 0.6) is 0 Å². The van der Waals surface area contributed by atoms with E-state index in [1.807, 2.05) is 25.7 Å². The standard InChI is InChI=1S/C18H27ClN4O4S/c1-18(2,3)21-16(24)12-22-7-9-23(10-8-22)17(25)13-5-6-14(19)15(11-13)28(26,27)20-4/h5-6,11,20H,7-10,12H2,1-4H3,(H,21,24). The molecule has 156 valence electrons. The van der Waals surface area contributed by atoms with Gasteiger partial charge in [0, 0.05) is 37.3 Å². The Morgan fingerprint density at radius 3 is 2.29 bits per heavy atom. The maximum absolute atomic E-state index is 12.8. The number of rotatable bonds is 5. The largest absolute Gasteiger partial charge is 0.350 e. The lowest BCUT2D eigenvalue weighted by Crippen LogP contribution is -2.52.